The molecule has 8 rings (SSSR count). The van der Waals surface area contributed by atoms with Gasteiger partial charge in [-0.15, -0.1) is 0 Å². The summed E-state index contributed by atoms with van der Waals surface area (Å²) in [7, 11) is -1.64. The highest BCUT2D eigenvalue weighted by atomic mass is 79.9. The molecule has 0 spiro atoms. The molecule has 15 heteroatoms. The lowest BCUT2D eigenvalue weighted by Crippen LogP contribution is -2.61. The summed E-state index contributed by atoms with van der Waals surface area (Å²) < 4.78 is 65.0. The van der Waals surface area contributed by atoms with Gasteiger partial charge < -0.3 is 24.0 Å². The molecule has 1 unspecified atom stereocenters. The third kappa shape index (κ3) is 5.34. The number of aromatic nitrogens is 2. The van der Waals surface area contributed by atoms with Crippen molar-refractivity contribution in [2.24, 2.45) is 5.92 Å². The average molecular weight is 750 g/mol. The van der Waals surface area contributed by atoms with E-state index in [1.807, 2.05) is 32.9 Å². The number of likely N-dealkylation sites (tertiary alicyclic amines) is 2. The first kappa shape index (κ1) is 33.1. The largest absolute Gasteiger partial charge is 0.444 e. The van der Waals surface area contributed by atoms with Crippen molar-refractivity contribution in [3.63, 3.8) is 0 Å². The number of carbonyl (C=O) groups is 2. The molecule has 10 nitrogen and oxygen atoms in total. The number of urea groups is 1. The molecule has 0 N–H and O–H groups in total. The van der Waals surface area contributed by atoms with Gasteiger partial charge in [0, 0.05) is 48.2 Å². The van der Waals surface area contributed by atoms with Gasteiger partial charge in [-0.1, -0.05) is 0 Å². The Morgan fingerprint density at radius 1 is 1.21 bits per heavy atom. The molecule has 4 saturated heterocycles. The van der Waals surface area contributed by atoms with E-state index < -0.39 is 59.4 Å². The Hall–Kier alpha value is -3.38. The number of fused-ring (bicyclic) bond motifs is 4. The summed E-state index contributed by atoms with van der Waals surface area (Å²) in [6.07, 6.45) is 3.43. The number of amides is 3. The third-order valence-electron chi connectivity index (χ3n) is 9.93. The number of pyridine rings is 1. The maximum Gasteiger partial charge on any atom is 0.410 e. The van der Waals surface area contributed by atoms with Crippen LogP contribution in [-0.4, -0.2) is 90.6 Å². The first-order valence-corrected chi connectivity index (χ1v) is 18.4. The molecule has 2 bridgehead atoms. The van der Waals surface area contributed by atoms with Crippen LogP contribution < -0.4 is 0 Å². The van der Waals surface area contributed by atoms with Crippen molar-refractivity contribution < 1.29 is 31.7 Å². The summed E-state index contributed by atoms with van der Waals surface area (Å²) in [5, 5.41) is 10.5. The van der Waals surface area contributed by atoms with Crippen molar-refractivity contribution in [2.75, 3.05) is 32.4 Å². The van der Waals surface area contributed by atoms with E-state index >= 15 is 4.39 Å². The molecule has 48 heavy (non-hydrogen) atoms. The molecule has 3 amide bonds. The molecular weight excluding hydrogens is 713 g/mol. The van der Waals surface area contributed by atoms with Crippen LogP contribution in [0, 0.1) is 23.1 Å². The molecule has 1 saturated carbocycles. The van der Waals surface area contributed by atoms with E-state index in [0.717, 1.165) is 11.3 Å². The van der Waals surface area contributed by atoms with Gasteiger partial charge in [0.05, 0.1) is 58.1 Å². The van der Waals surface area contributed by atoms with Crippen LogP contribution in [0.4, 0.5) is 22.8 Å². The molecule has 6 heterocycles. The number of rotatable bonds is 5. The summed E-state index contributed by atoms with van der Waals surface area (Å²) in [5.74, 6) is -3.53. The lowest BCUT2D eigenvalue weighted by Gasteiger charge is -2.43. The van der Waals surface area contributed by atoms with E-state index in [9.17, 15) is 27.8 Å². The van der Waals surface area contributed by atoms with Crippen LogP contribution in [0.5, 0.6) is 0 Å². The van der Waals surface area contributed by atoms with Crippen LogP contribution >= 0.6 is 15.9 Å². The Morgan fingerprint density at radius 3 is 2.58 bits per heavy atom. The molecule has 3 aromatic rings. The predicted molar refractivity (Wildman–Crippen MR) is 176 cm³/mol. The fourth-order valence-corrected chi connectivity index (χ4v) is 9.09. The number of halogens is 4. The van der Waals surface area contributed by atoms with Crippen molar-refractivity contribution in [3.05, 3.63) is 33.7 Å². The highest BCUT2D eigenvalue weighted by Gasteiger charge is 2.57. The number of hydrogen-bond donors (Lipinski definition) is 0. The van der Waals surface area contributed by atoms with Crippen LogP contribution in [0.25, 0.3) is 21.8 Å². The second-order valence-corrected chi connectivity index (χ2v) is 16.4. The second kappa shape index (κ2) is 11.6. The zero-order chi connectivity index (χ0) is 34.4. The van der Waals surface area contributed by atoms with Gasteiger partial charge in [0.1, 0.15) is 16.1 Å². The highest BCUT2D eigenvalue weighted by Crippen LogP contribution is 2.54. The lowest BCUT2D eigenvalue weighted by molar-refractivity contribution is -0.114. The van der Waals surface area contributed by atoms with E-state index in [1.54, 1.807) is 9.80 Å². The number of ether oxygens (including phenoxy) is 1. The van der Waals surface area contributed by atoms with Crippen molar-refractivity contribution in [2.45, 2.75) is 87.6 Å². The minimum atomic E-state index is -2.91. The fourth-order valence-electron chi connectivity index (χ4n) is 7.91. The Morgan fingerprint density at radius 2 is 1.94 bits per heavy atom. The van der Waals surface area contributed by atoms with Gasteiger partial charge in [-0.2, -0.15) is 5.26 Å². The number of benzene rings is 1. The van der Waals surface area contributed by atoms with Crippen LogP contribution in [0.2, 0.25) is 0 Å². The van der Waals surface area contributed by atoms with Crippen molar-refractivity contribution in [1.82, 2.24) is 24.3 Å². The highest BCUT2D eigenvalue weighted by molar-refractivity contribution is 9.10. The predicted octanol–water partition coefficient (Wildman–Crippen LogP) is 6.67. The van der Waals surface area contributed by atoms with Crippen molar-refractivity contribution >= 4 is 60.7 Å². The molecule has 0 radical (unpaired) electrons. The average Bonchev–Trinajstić information content (AvgIpc) is 3.78. The molecular formula is C33H36BrF3N6O4S. The van der Waals surface area contributed by atoms with Crippen LogP contribution in [0.3, 0.4) is 0 Å². The maximum atomic E-state index is 16.2. The SMILES string of the molecule is CS(=O)c1nc2c(F)c(Br)c(CCC#N)cc2c2c1cc([C@H]1CCCN1C(=O)N1CC(F)(F)C1)n2[C@H]1[C@@H]2C[C@H]1N(C(=O)OC(C)(C)C)C2. The third-order valence-corrected chi connectivity index (χ3v) is 11.6. The minimum absolute atomic E-state index is 0.0176. The number of aryl methyl sites for hydroxylation is 1. The van der Waals surface area contributed by atoms with Gasteiger partial charge in [-0.25, -0.2) is 27.7 Å². The van der Waals surface area contributed by atoms with Crippen molar-refractivity contribution in [3.8, 4) is 6.07 Å². The van der Waals surface area contributed by atoms with E-state index in [2.05, 4.69) is 31.6 Å². The van der Waals surface area contributed by atoms with Crippen molar-refractivity contribution in [1.29, 1.82) is 5.26 Å². The van der Waals surface area contributed by atoms with Crippen LogP contribution in [0.15, 0.2) is 21.6 Å². The molecule has 5 fully saturated rings. The first-order chi connectivity index (χ1) is 22.6. The van der Waals surface area contributed by atoms with Crippen LogP contribution in [-0.2, 0) is 22.0 Å². The van der Waals surface area contributed by atoms with E-state index in [-0.39, 0.29) is 45.9 Å². The summed E-state index contributed by atoms with van der Waals surface area (Å²) in [4.78, 5) is 36.1. The summed E-state index contributed by atoms with van der Waals surface area (Å²) in [5.41, 5.74) is 1.19. The fraction of sp³-hybridized carbons (Fsp3) is 0.576. The molecule has 4 aliphatic heterocycles. The Balaban J connectivity index is 1.44. The molecule has 1 aromatic carbocycles. The lowest BCUT2D eigenvalue weighted by atomic mass is 9.79. The van der Waals surface area contributed by atoms with Gasteiger partial charge in [0.2, 0.25) is 0 Å². The number of alkyl halides is 2. The number of hydrogen-bond acceptors (Lipinski definition) is 6. The topological polar surface area (TPSA) is 112 Å². The molecule has 256 valence electrons. The number of nitrogens with zero attached hydrogens (tertiary/aromatic N) is 6. The van der Waals surface area contributed by atoms with Crippen LogP contribution in [0.1, 0.15) is 69.8 Å². The summed E-state index contributed by atoms with van der Waals surface area (Å²) >= 11 is 3.36. The Labute approximate surface area is 286 Å². The zero-order valence-electron chi connectivity index (χ0n) is 27.1. The molecule has 1 aliphatic carbocycles. The molecule has 5 atom stereocenters. The van der Waals surface area contributed by atoms with Gasteiger partial charge in [-0.05, 0) is 80.1 Å². The first-order valence-electron chi connectivity index (χ1n) is 16.1. The van der Waals surface area contributed by atoms with E-state index in [1.165, 1.54) is 6.26 Å². The van der Waals surface area contributed by atoms with Gasteiger partial charge in [0.15, 0.2) is 5.82 Å². The van der Waals surface area contributed by atoms with Gasteiger partial charge in [0.25, 0.3) is 5.92 Å². The Bertz CT molecular complexity index is 1930. The Kier molecular flexibility index (Phi) is 8.01. The van der Waals surface area contributed by atoms with Gasteiger partial charge >= 0.3 is 12.1 Å². The number of nitriles is 1. The molecule has 5 aliphatic rings. The maximum absolute atomic E-state index is 16.2. The van der Waals surface area contributed by atoms with E-state index in [0.29, 0.717) is 53.5 Å². The smallest absolute Gasteiger partial charge is 0.410 e. The number of carbonyl (C=O) groups excluding carboxylic acids is 2. The standard InChI is InChI=1S/C33H36BrF3N6O4S/c1-32(2,3)47-31(45)42-14-18-12-23(42)27(18)43-22(21-8-6-10-41(21)30(44)40-15-33(36,37)16-40)13-20-28(43)19-11-17(7-5-9-38)24(34)25(35)26(19)39-29(20)48(4)46/h11,13,18,21,23,27H,5-8,10,12,14-16H2,1-4H3/t18-,21-,23-,27+,48?/m1/s1. The second-order valence-electron chi connectivity index (χ2n) is 14.3. The quantitative estimate of drug-likeness (QED) is 0.288. The zero-order valence-corrected chi connectivity index (χ0v) is 29.5. The molecule has 2 aromatic heterocycles. The summed E-state index contributed by atoms with van der Waals surface area (Å²) in [6, 6.07) is 4.29. The van der Waals surface area contributed by atoms with Gasteiger partial charge in [-0.3, -0.25) is 4.21 Å². The normalized spacial score (nSPS) is 25.3. The minimum Gasteiger partial charge on any atom is -0.444 e. The monoisotopic (exact) mass is 748 g/mol. The van der Waals surface area contributed by atoms with E-state index in [4.69, 9.17) is 4.74 Å². The summed E-state index contributed by atoms with van der Waals surface area (Å²) in [6.45, 7) is 4.97.